The SMILES string of the molecule is CC(=O)OC[C@H]1O[C@@H]2OC(C)=N[C@@H]2[C@@H](OC(C)=O)[C@H]1OC(C)O. The molecule has 0 spiro atoms. The van der Waals surface area contributed by atoms with Gasteiger partial charge in [-0.3, -0.25) is 9.59 Å². The number of aliphatic hydroxyl groups is 1. The molecule has 2 rings (SSSR count). The van der Waals surface area contributed by atoms with Crippen LogP contribution in [-0.2, 0) is 33.3 Å². The summed E-state index contributed by atoms with van der Waals surface area (Å²) >= 11 is 0. The molecular weight excluding hydrogens is 310 g/mol. The third-order valence-corrected chi connectivity index (χ3v) is 3.34. The molecule has 0 amide bonds. The zero-order valence-electron chi connectivity index (χ0n) is 13.4. The maximum atomic E-state index is 11.4. The normalized spacial score (nSPS) is 34.0. The summed E-state index contributed by atoms with van der Waals surface area (Å²) in [5, 5.41) is 9.55. The Morgan fingerprint density at radius 2 is 2.00 bits per heavy atom. The number of hydrogen-bond donors (Lipinski definition) is 1. The number of ether oxygens (including phenoxy) is 5. The van der Waals surface area contributed by atoms with Gasteiger partial charge < -0.3 is 28.8 Å². The molecule has 130 valence electrons. The van der Waals surface area contributed by atoms with Crippen molar-refractivity contribution >= 4 is 17.8 Å². The van der Waals surface area contributed by atoms with Gasteiger partial charge in [-0.05, 0) is 6.92 Å². The number of carbonyl (C=O) groups excluding carboxylic acids is 2. The van der Waals surface area contributed by atoms with Gasteiger partial charge in [0.25, 0.3) is 0 Å². The van der Waals surface area contributed by atoms with Crippen LogP contribution in [0.15, 0.2) is 4.99 Å². The van der Waals surface area contributed by atoms with Crippen LogP contribution >= 0.6 is 0 Å². The highest BCUT2D eigenvalue weighted by atomic mass is 16.7. The average Bonchev–Trinajstić information content (AvgIpc) is 2.78. The van der Waals surface area contributed by atoms with E-state index in [1.165, 1.54) is 20.8 Å². The quantitative estimate of drug-likeness (QED) is 0.542. The third-order valence-electron chi connectivity index (χ3n) is 3.34. The predicted octanol–water partition coefficient (Wildman–Crippen LogP) is -0.253. The van der Waals surface area contributed by atoms with Crippen LogP contribution in [0.5, 0.6) is 0 Å². The first kappa shape index (κ1) is 17.6. The molecule has 23 heavy (non-hydrogen) atoms. The average molecular weight is 331 g/mol. The summed E-state index contributed by atoms with van der Waals surface area (Å²) in [7, 11) is 0. The van der Waals surface area contributed by atoms with E-state index in [-0.39, 0.29) is 6.61 Å². The Balaban J connectivity index is 2.24. The second-order valence-corrected chi connectivity index (χ2v) is 5.38. The van der Waals surface area contributed by atoms with E-state index in [9.17, 15) is 14.7 Å². The van der Waals surface area contributed by atoms with Crippen molar-refractivity contribution < 1.29 is 38.4 Å². The number of rotatable bonds is 5. The van der Waals surface area contributed by atoms with Crippen LogP contribution < -0.4 is 0 Å². The lowest BCUT2D eigenvalue weighted by molar-refractivity contribution is -0.276. The second-order valence-electron chi connectivity index (χ2n) is 5.38. The molecule has 0 aromatic rings. The van der Waals surface area contributed by atoms with Crippen molar-refractivity contribution in [1.29, 1.82) is 0 Å². The zero-order valence-corrected chi connectivity index (χ0v) is 13.4. The molecular formula is C14H21NO8. The first-order chi connectivity index (χ1) is 10.8. The van der Waals surface area contributed by atoms with Crippen molar-refractivity contribution in [2.24, 2.45) is 4.99 Å². The Morgan fingerprint density at radius 1 is 1.30 bits per heavy atom. The van der Waals surface area contributed by atoms with Crippen molar-refractivity contribution in [1.82, 2.24) is 0 Å². The Bertz CT molecular complexity index is 491. The number of carbonyl (C=O) groups is 2. The van der Waals surface area contributed by atoms with E-state index >= 15 is 0 Å². The predicted molar refractivity (Wildman–Crippen MR) is 75.4 cm³/mol. The van der Waals surface area contributed by atoms with Crippen molar-refractivity contribution in [3.63, 3.8) is 0 Å². The monoisotopic (exact) mass is 331 g/mol. The van der Waals surface area contributed by atoms with Crippen molar-refractivity contribution in [2.45, 2.75) is 64.6 Å². The van der Waals surface area contributed by atoms with Crippen LogP contribution in [0.3, 0.4) is 0 Å². The van der Waals surface area contributed by atoms with E-state index in [2.05, 4.69) is 4.99 Å². The molecule has 1 saturated heterocycles. The Hall–Kier alpha value is -1.71. The lowest BCUT2D eigenvalue weighted by atomic mass is 9.97. The number of esters is 2. The van der Waals surface area contributed by atoms with E-state index in [4.69, 9.17) is 23.7 Å². The molecule has 0 saturated carbocycles. The van der Waals surface area contributed by atoms with Gasteiger partial charge in [0.15, 0.2) is 24.3 Å². The van der Waals surface area contributed by atoms with Gasteiger partial charge in [0, 0.05) is 20.8 Å². The number of hydrogen-bond acceptors (Lipinski definition) is 9. The molecule has 0 aromatic carbocycles. The van der Waals surface area contributed by atoms with Crippen LogP contribution in [0.1, 0.15) is 27.7 Å². The van der Waals surface area contributed by atoms with Crippen LogP contribution in [0.2, 0.25) is 0 Å². The van der Waals surface area contributed by atoms with Crippen LogP contribution in [0.4, 0.5) is 0 Å². The lowest BCUT2D eigenvalue weighted by Gasteiger charge is -2.41. The highest BCUT2D eigenvalue weighted by Crippen LogP contribution is 2.32. The summed E-state index contributed by atoms with van der Waals surface area (Å²) in [4.78, 5) is 26.7. The molecule has 1 unspecified atom stereocenters. The minimum Gasteiger partial charge on any atom is -0.463 e. The van der Waals surface area contributed by atoms with E-state index in [1.54, 1.807) is 6.92 Å². The van der Waals surface area contributed by atoms with Gasteiger partial charge in [-0.1, -0.05) is 0 Å². The molecule has 9 heteroatoms. The summed E-state index contributed by atoms with van der Waals surface area (Å²) in [6, 6.07) is -0.615. The summed E-state index contributed by atoms with van der Waals surface area (Å²) in [5.74, 6) is -0.628. The Labute approximate surface area is 133 Å². The van der Waals surface area contributed by atoms with Crippen LogP contribution in [0.25, 0.3) is 0 Å². The van der Waals surface area contributed by atoms with E-state index in [0.717, 1.165) is 0 Å². The molecule has 0 radical (unpaired) electrons. The summed E-state index contributed by atoms with van der Waals surface area (Å²) in [6.07, 6.45) is -4.38. The van der Waals surface area contributed by atoms with Gasteiger partial charge in [0.05, 0.1) is 0 Å². The number of aliphatic hydroxyl groups excluding tert-OH is 1. The summed E-state index contributed by atoms with van der Waals surface area (Å²) in [5.41, 5.74) is 0. The first-order valence-electron chi connectivity index (χ1n) is 7.28. The molecule has 1 N–H and O–H groups in total. The van der Waals surface area contributed by atoms with E-state index in [0.29, 0.717) is 5.90 Å². The lowest BCUT2D eigenvalue weighted by Crippen LogP contribution is -2.60. The molecule has 2 aliphatic rings. The Morgan fingerprint density at radius 3 is 2.57 bits per heavy atom. The van der Waals surface area contributed by atoms with E-state index < -0.39 is 48.9 Å². The highest BCUT2D eigenvalue weighted by Gasteiger charge is 2.52. The standard InChI is InChI=1S/C14H21NO8/c1-6-15-11-13(22-9(4)18)12(21-8(3)17)10(5-19-7(2)16)23-14(11)20-6/h8,10-14,17H,5H2,1-4H3/t8?,10-,11-,12+,13-,14+/m1/s1. The van der Waals surface area contributed by atoms with Gasteiger partial charge in [0.1, 0.15) is 18.8 Å². The summed E-state index contributed by atoms with van der Waals surface area (Å²) < 4.78 is 26.9. The fourth-order valence-corrected chi connectivity index (χ4v) is 2.59. The molecule has 6 atom stereocenters. The largest absolute Gasteiger partial charge is 0.463 e. The van der Waals surface area contributed by atoms with Gasteiger partial charge >= 0.3 is 11.9 Å². The molecule has 2 heterocycles. The topological polar surface area (TPSA) is 113 Å². The van der Waals surface area contributed by atoms with Gasteiger partial charge in [-0.2, -0.15) is 0 Å². The van der Waals surface area contributed by atoms with Crippen LogP contribution in [0, 0.1) is 0 Å². The molecule has 0 aromatic heterocycles. The number of aliphatic imine (C=N–C) groups is 1. The maximum absolute atomic E-state index is 11.4. The minimum absolute atomic E-state index is 0.129. The second kappa shape index (κ2) is 7.24. The van der Waals surface area contributed by atoms with Crippen LogP contribution in [-0.4, -0.2) is 66.5 Å². The van der Waals surface area contributed by atoms with Crippen molar-refractivity contribution in [3.05, 3.63) is 0 Å². The molecule has 0 aliphatic carbocycles. The van der Waals surface area contributed by atoms with E-state index in [1.807, 2.05) is 0 Å². The molecule has 2 aliphatic heterocycles. The number of nitrogens with zero attached hydrogens (tertiary/aromatic N) is 1. The van der Waals surface area contributed by atoms with Gasteiger partial charge in [0.2, 0.25) is 6.29 Å². The highest BCUT2D eigenvalue weighted by molar-refractivity contribution is 5.75. The first-order valence-corrected chi connectivity index (χ1v) is 7.28. The smallest absolute Gasteiger partial charge is 0.303 e. The van der Waals surface area contributed by atoms with Gasteiger partial charge in [-0.25, -0.2) is 4.99 Å². The molecule has 1 fully saturated rings. The fourth-order valence-electron chi connectivity index (χ4n) is 2.59. The van der Waals surface area contributed by atoms with Crippen molar-refractivity contribution in [2.75, 3.05) is 6.61 Å². The maximum Gasteiger partial charge on any atom is 0.303 e. The third kappa shape index (κ3) is 4.40. The Kier molecular flexibility index (Phi) is 5.55. The molecule has 9 nitrogen and oxygen atoms in total. The minimum atomic E-state index is -1.13. The number of fused-ring (bicyclic) bond motifs is 1. The fraction of sp³-hybridized carbons (Fsp3) is 0.786. The van der Waals surface area contributed by atoms with Gasteiger partial charge in [-0.15, -0.1) is 0 Å². The van der Waals surface area contributed by atoms with Crippen molar-refractivity contribution in [3.8, 4) is 0 Å². The summed E-state index contributed by atoms with van der Waals surface area (Å²) in [6.45, 7) is 5.46. The molecule has 0 bridgehead atoms. The zero-order chi connectivity index (χ0) is 17.1.